The quantitative estimate of drug-likeness (QED) is 0.486. The fourth-order valence-corrected chi connectivity index (χ4v) is 2.51. The average Bonchev–Trinajstić information content (AvgIpc) is 2.33. The van der Waals surface area contributed by atoms with E-state index in [0.29, 0.717) is 25.0 Å². The number of aromatic nitrogens is 2. The first-order valence-corrected chi connectivity index (χ1v) is 6.57. The highest BCUT2D eigenvalue weighted by atomic mass is 35.5. The van der Waals surface area contributed by atoms with Gasteiger partial charge >= 0.3 is 5.97 Å². The van der Waals surface area contributed by atoms with E-state index in [4.69, 9.17) is 32.7 Å². The molecule has 1 aliphatic carbocycles. The van der Waals surface area contributed by atoms with E-state index >= 15 is 0 Å². The third-order valence-electron chi connectivity index (χ3n) is 3.29. The van der Waals surface area contributed by atoms with Crippen LogP contribution in [0.3, 0.4) is 0 Å². The molecule has 0 radical (unpaired) electrons. The van der Waals surface area contributed by atoms with Crippen LogP contribution in [0.1, 0.15) is 25.3 Å². The van der Waals surface area contributed by atoms with Gasteiger partial charge in [0.25, 0.3) is 0 Å². The number of methoxy groups -OCH3 is 1. The molecule has 0 aliphatic heterocycles. The van der Waals surface area contributed by atoms with E-state index in [-0.39, 0.29) is 22.5 Å². The summed E-state index contributed by atoms with van der Waals surface area (Å²) in [5, 5.41) is 0.394. The van der Waals surface area contributed by atoms with E-state index in [9.17, 15) is 4.79 Å². The lowest BCUT2D eigenvalue weighted by molar-refractivity contribution is -0.169. The first-order chi connectivity index (χ1) is 8.94. The van der Waals surface area contributed by atoms with Crippen LogP contribution >= 0.6 is 23.2 Å². The Hall–Kier alpha value is -0.910. The van der Waals surface area contributed by atoms with Crippen LogP contribution in [0.25, 0.3) is 0 Å². The summed E-state index contributed by atoms with van der Waals surface area (Å²) in [7, 11) is 1.40. The zero-order valence-electron chi connectivity index (χ0n) is 10.7. The van der Waals surface area contributed by atoms with Crippen LogP contribution in [0.15, 0.2) is 6.20 Å². The SMILES string of the molecule is COC(=O)[C@]1(C)C[C@@H](OCc2cnc(Cl)nc2Cl)C1. The van der Waals surface area contributed by atoms with Crippen LogP contribution in [0.4, 0.5) is 0 Å². The van der Waals surface area contributed by atoms with Gasteiger partial charge < -0.3 is 9.47 Å². The molecule has 104 valence electrons. The van der Waals surface area contributed by atoms with Crippen LogP contribution in [-0.4, -0.2) is 29.2 Å². The van der Waals surface area contributed by atoms with Crippen molar-refractivity contribution in [1.29, 1.82) is 0 Å². The summed E-state index contributed by atoms with van der Waals surface area (Å²) >= 11 is 11.5. The lowest BCUT2D eigenvalue weighted by Gasteiger charge is -2.42. The number of hydrogen-bond donors (Lipinski definition) is 0. The van der Waals surface area contributed by atoms with Crippen molar-refractivity contribution in [2.75, 3.05) is 7.11 Å². The van der Waals surface area contributed by atoms with Gasteiger partial charge in [-0.1, -0.05) is 11.6 Å². The number of rotatable bonds is 4. The van der Waals surface area contributed by atoms with Crippen molar-refractivity contribution in [3.05, 3.63) is 22.2 Å². The molecule has 1 fully saturated rings. The van der Waals surface area contributed by atoms with Gasteiger partial charge in [-0.05, 0) is 31.4 Å². The highest BCUT2D eigenvalue weighted by Crippen LogP contribution is 2.43. The molecular weight excluding hydrogens is 291 g/mol. The Kier molecular flexibility index (Phi) is 4.28. The molecular formula is C12H14Cl2N2O3. The highest BCUT2D eigenvalue weighted by Gasteiger charge is 2.47. The number of hydrogen-bond acceptors (Lipinski definition) is 5. The molecule has 2 rings (SSSR count). The Labute approximate surface area is 121 Å². The Morgan fingerprint density at radius 2 is 2.21 bits per heavy atom. The van der Waals surface area contributed by atoms with Crippen molar-refractivity contribution >= 4 is 29.2 Å². The van der Waals surface area contributed by atoms with Crippen molar-refractivity contribution in [2.24, 2.45) is 5.41 Å². The lowest BCUT2D eigenvalue weighted by atomic mass is 9.68. The maximum absolute atomic E-state index is 11.5. The Bertz CT molecular complexity index is 490. The van der Waals surface area contributed by atoms with Gasteiger partial charge in [0.15, 0.2) is 0 Å². The minimum Gasteiger partial charge on any atom is -0.469 e. The maximum Gasteiger partial charge on any atom is 0.311 e. The number of esters is 1. The highest BCUT2D eigenvalue weighted by molar-refractivity contribution is 6.32. The monoisotopic (exact) mass is 304 g/mol. The van der Waals surface area contributed by atoms with Crippen molar-refractivity contribution < 1.29 is 14.3 Å². The molecule has 7 heteroatoms. The number of nitrogens with zero attached hydrogens (tertiary/aromatic N) is 2. The number of ether oxygens (including phenoxy) is 2. The normalized spacial score (nSPS) is 25.8. The Balaban J connectivity index is 1.84. The molecule has 0 aromatic carbocycles. The van der Waals surface area contributed by atoms with E-state index in [0.717, 1.165) is 0 Å². The van der Waals surface area contributed by atoms with Gasteiger partial charge in [-0.3, -0.25) is 4.79 Å². The number of carbonyl (C=O) groups excluding carboxylic acids is 1. The summed E-state index contributed by atoms with van der Waals surface area (Å²) in [6.45, 7) is 2.18. The minimum absolute atomic E-state index is 0.0239. The second-order valence-corrected chi connectivity index (χ2v) is 5.54. The van der Waals surface area contributed by atoms with E-state index in [1.165, 1.54) is 13.3 Å². The fourth-order valence-electron chi connectivity index (χ4n) is 2.15. The minimum atomic E-state index is -0.431. The molecule has 0 saturated heterocycles. The Morgan fingerprint density at radius 3 is 2.79 bits per heavy atom. The lowest BCUT2D eigenvalue weighted by Crippen LogP contribution is -2.46. The van der Waals surface area contributed by atoms with Gasteiger partial charge in [-0.25, -0.2) is 9.97 Å². The first-order valence-electron chi connectivity index (χ1n) is 5.81. The molecule has 1 aromatic rings. The van der Waals surface area contributed by atoms with Crippen molar-refractivity contribution in [3.63, 3.8) is 0 Å². The smallest absolute Gasteiger partial charge is 0.311 e. The van der Waals surface area contributed by atoms with Gasteiger partial charge in [-0.2, -0.15) is 0 Å². The van der Waals surface area contributed by atoms with Crippen LogP contribution in [0.5, 0.6) is 0 Å². The van der Waals surface area contributed by atoms with Crippen molar-refractivity contribution in [3.8, 4) is 0 Å². The van der Waals surface area contributed by atoms with Crippen LogP contribution in [0.2, 0.25) is 10.4 Å². The Morgan fingerprint density at radius 1 is 1.53 bits per heavy atom. The summed E-state index contributed by atoms with van der Waals surface area (Å²) < 4.78 is 10.4. The third-order valence-corrected chi connectivity index (χ3v) is 3.80. The zero-order valence-corrected chi connectivity index (χ0v) is 12.2. The van der Waals surface area contributed by atoms with Gasteiger partial charge in [0.1, 0.15) is 5.15 Å². The second-order valence-electron chi connectivity index (χ2n) is 4.85. The molecule has 19 heavy (non-hydrogen) atoms. The first kappa shape index (κ1) is 14.5. The standard InChI is InChI=1S/C12H14Cl2N2O3/c1-12(10(17)18-2)3-8(4-12)19-6-7-5-15-11(14)16-9(7)13/h5,8H,3-4,6H2,1-2H3/t8-,12-. The molecule has 0 amide bonds. The van der Waals surface area contributed by atoms with E-state index in [2.05, 4.69) is 9.97 Å². The molecule has 0 atom stereocenters. The molecule has 0 bridgehead atoms. The predicted molar refractivity (Wildman–Crippen MR) is 70.0 cm³/mol. The molecule has 1 saturated carbocycles. The second kappa shape index (κ2) is 5.61. The van der Waals surface area contributed by atoms with Crippen LogP contribution in [-0.2, 0) is 20.9 Å². The topological polar surface area (TPSA) is 61.3 Å². The summed E-state index contributed by atoms with van der Waals surface area (Å²) in [5.74, 6) is -0.194. The average molecular weight is 305 g/mol. The molecule has 1 heterocycles. The van der Waals surface area contributed by atoms with E-state index < -0.39 is 5.41 Å². The summed E-state index contributed by atoms with van der Waals surface area (Å²) in [6, 6.07) is 0. The van der Waals surface area contributed by atoms with E-state index in [1.807, 2.05) is 6.92 Å². The van der Waals surface area contributed by atoms with Gasteiger partial charge in [0.05, 0.1) is 25.2 Å². The number of carbonyl (C=O) groups is 1. The molecule has 1 aromatic heterocycles. The fraction of sp³-hybridized carbons (Fsp3) is 0.583. The van der Waals surface area contributed by atoms with Crippen molar-refractivity contribution in [1.82, 2.24) is 9.97 Å². The zero-order chi connectivity index (χ0) is 14.0. The van der Waals surface area contributed by atoms with Gasteiger partial charge in [-0.15, -0.1) is 0 Å². The third kappa shape index (κ3) is 3.16. The number of halogens is 2. The molecule has 5 nitrogen and oxygen atoms in total. The van der Waals surface area contributed by atoms with Gasteiger partial charge in [0, 0.05) is 11.8 Å². The molecule has 0 unspecified atom stereocenters. The van der Waals surface area contributed by atoms with E-state index in [1.54, 1.807) is 0 Å². The predicted octanol–water partition coefficient (Wildman–Crippen LogP) is 2.64. The van der Waals surface area contributed by atoms with Gasteiger partial charge in [0.2, 0.25) is 5.28 Å². The maximum atomic E-state index is 11.5. The summed E-state index contributed by atoms with van der Waals surface area (Å²) in [6.07, 6.45) is 2.85. The summed E-state index contributed by atoms with van der Waals surface area (Å²) in [5.41, 5.74) is 0.248. The van der Waals surface area contributed by atoms with Crippen LogP contribution in [0, 0.1) is 5.41 Å². The molecule has 1 aliphatic rings. The largest absolute Gasteiger partial charge is 0.469 e. The summed E-state index contributed by atoms with van der Waals surface area (Å²) in [4.78, 5) is 19.2. The van der Waals surface area contributed by atoms with Crippen molar-refractivity contribution in [2.45, 2.75) is 32.5 Å². The molecule has 0 N–H and O–H groups in total. The molecule has 0 spiro atoms. The van der Waals surface area contributed by atoms with Crippen LogP contribution < -0.4 is 0 Å².